The molecule has 0 aliphatic carbocycles. The Labute approximate surface area is 158 Å². The zero-order valence-electron chi connectivity index (χ0n) is 14.8. The Kier molecular flexibility index (Phi) is 5.85. The fourth-order valence-corrected chi connectivity index (χ4v) is 4.30. The molecule has 26 heavy (non-hydrogen) atoms. The summed E-state index contributed by atoms with van der Waals surface area (Å²) in [6.45, 7) is 1.45. The highest BCUT2D eigenvalue weighted by Crippen LogP contribution is 2.35. The quantitative estimate of drug-likeness (QED) is 0.579. The van der Waals surface area contributed by atoms with Gasteiger partial charge in [0.25, 0.3) is 0 Å². The monoisotopic (exact) mass is 365 g/mol. The lowest BCUT2D eigenvalue weighted by Gasteiger charge is -2.22. The Morgan fingerprint density at radius 2 is 1.88 bits per heavy atom. The first-order valence-corrected chi connectivity index (χ1v) is 10.0. The van der Waals surface area contributed by atoms with Gasteiger partial charge >= 0.3 is 0 Å². The van der Waals surface area contributed by atoms with E-state index in [2.05, 4.69) is 48.5 Å². The van der Waals surface area contributed by atoms with Crippen molar-refractivity contribution in [2.45, 2.75) is 41.8 Å². The van der Waals surface area contributed by atoms with Crippen LogP contribution in [-0.2, 0) is 15.9 Å². The Morgan fingerprint density at radius 3 is 2.73 bits per heavy atom. The van der Waals surface area contributed by atoms with Gasteiger partial charge in [-0.05, 0) is 36.8 Å². The van der Waals surface area contributed by atoms with Crippen LogP contribution in [-0.4, -0.2) is 24.5 Å². The second kappa shape index (κ2) is 8.67. The van der Waals surface area contributed by atoms with E-state index in [1.807, 2.05) is 12.3 Å². The van der Waals surface area contributed by atoms with Crippen LogP contribution in [0.15, 0.2) is 70.6 Å². The van der Waals surface area contributed by atoms with Gasteiger partial charge in [-0.25, -0.2) is 0 Å². The summed E-state index contributed by atoms with van der Waals surface area (Å²) in [7, 11) is 0. The van der Waals surface area contributed by atoms with Crippen LogP contribution in [0.5, 0.6) is 0 Å². The van der Waals surface area contributed by atoms with Gasteiger partial charge in [0.15, 0.2) is 6.29 Å². The predicted molar refractivity (Wildman–Crippen MR) is 106 cm³/mol. The second-order valence-electron chi connectivity index (χ2n) is 6.45. The third-order valence-corrected chi connectivity index (χ3v) is 5.74. The average Bonchev–Trinajstić information content (AvgIpc) is 2.71. The lowest BCUT2D eigenvalue weighted by molar-refractivity contribution is -0.161. The molecule has 134 valence electrons. The molecular formula is C22H23NO2S. The molecule has 3 aromatic rings. The molecule has 1 atom stereocenters. The summed E-state index contributed by atoms with van der Waals surface area (Å²) in [5.74, 6) is 0. The van der Waals surface area contributed by atoms with E-state index in [4.69, 9.17) is 14.5 Å². The molecule has 1 unspecified atom stereocenters. The van der Waals surface area contributed by atoms with Crippen molar-refractivity contribution in [1.29, 1.82) is 0 Å². The van der Waals surface area contributed by atoms with E-state index in [1.165, 1.54) is 27.0 Å². The Bertz CT molecular complexity index is 847. The smallest absolute Gasteiger partial charge is 0.157 e. The number of hydrogen-bond donors (Lipinski definition) is 0. The fourth-order valence-electron chi connectivity index (χ4n) is 3.21. The molecule has 2 heterocycles. The number of aromatic nitrogens is 1. The van der Waals surface area contributed by atoms with Gasteiger partial charge in [-0.15, -0.1) is 0 Å². The van der Waals surface area contributed by atoms with Crippen molar-refractivity contribution in [3.05, 3.63) is 66.5 Å². The van der Waals surface area contributed by atoms with Crippen LogP contribution < -0.4 is 0 Å². The standard InChI is InChI=1S/C22H23NO2S/c1-2-9-18(10-3-1)26-22-19-11-5-4-8-17(19)16-23-20(22)13-15-25-21-12-6-7-14-24-21/h1-5,8-11,16,21H,6-7,12-15H2. The highest BCUT2D eigenvalue weighted by Gasteiger charge is 2.15. The van der Waals surface area contributed by atoms with Crippen molar-refractivity contribution in [3.8, 4) is 0 Å². The fraction of sp³-hybridized carbons (Fsp3) is 0.318. The molecule has 0 saturated carbocycles. The van der Waals surface area contributed by atoms with Crippen LogP contribution in [0.2, 0.25) is 0 Å². The lowest BCUT2D eigenvalue weighted by Crippen LogP contribution is -2.23. The van der Waals surface area contributed by atoms with Crippen LogP contribution in [0.25, 0.3) is 10.8 Å². The first-order valence-electron chi connectivity index (χ1n) is 9.23. The first-order chi connectivity index (χ1) is 12.9. The minimum Gasteiger partial charge on any atom is -0.353 e. The maximum absolute atomic E-state index is 5.93. The normalized spacial score (nSPS) is 17.5. The van der Waals surface area contributed by atoms with E-state index < -0.39 is 0 Å². The van der Waals surface area contributed by atoms with Gasteiger partial charge in [0, 0.05) is 34.4 Å². The molecular weight excluding hydrogens is 342 g/mol. The number of benzene rings is 2. The van der Waals surface area contributed by atoms with Crippen LogP contribution in [0.1, 0.15) is 25.0 Å². The summed E-state index contributed by atoms with van der Waals surface area (Å²) in [4.78, 5) is 7.19. The summed E-state index contributed by atoms with van der Waals surface area (Å²) in [6.07, 6.45) is 6.04. The van der Waals surface area contributed by atoms with Crippen LogP contribution in [0.3, 0.4) is 0 Å². The molecule has 1 aromatic heterocycles. The van der Waals surface area contributed by atoms with E-state index in [0.29, 0.717) is 6.61 Å². The van der Waals surface area contributed by atoms with Crippen LogP contribution in [0.4, 0.5) is 0 Å². The van der Waals surface area contributed by atoms with E-state index in [0.717, 1.165) is 31.6 Å². The zero-order chi connectivity index (χ0) is 17.6. The molecule has 1 aliphatic heterocycles. The first kappa shape index (κ1) is 17.5. The number of ether oxygens (including phenoxy) is 2. The van der Waals surface area contributed by atoms with Crippen molar-refractivity contribution in [3.63, 3.8) is 0 Å². The Balaban J connectivity index is 1.55. The largest absolute Gasteiger partial charge is 0.353 e. The van der Waals surface area contributed by atoms with Crippen molar-refractivity contribution in [1.82, 2.24) is 4.98 Å². The molecule has 3 nitrogen and oxygen atoms in total. The van der Waals surface area contributed by atoms with Gasteiger partial charge in [-0.2, -0.15) is 0 Å². The zero-order valence-corrected chi connectivity index (χ0v) is 15.6. The molecule has 2 aromatic carbocycles. The van der Waals surface area contributed by atoms with Crippen molar-refractivity contribution >= 4 is 22.5 Å². The van der Waals surface area contributed by atoms with Gasteiger partial charge in [-0.3, -0.25) is 4.98 Å². The maximum Gasteiger partial charge on any atom is 0.157 e. The van der Waals surface area contributed by atoms with Gasteiger partial charge in [0.05, 0.1) is 12.3 Å². The summed E-state index contributed by atoms with van der Waals surface area (Å²) in [5, 5.41) is 2.42. The Morgan fingerprint density at radius 1 is 1.04 bits per heavy atom. The van der Waals surface area contributed by atoms with Crippen LogP contribution in [0, 0.1) is 0 Å². The Hall–Kier alpha value is -1.88. The van der Waals surface area contributed by atoms with Crippen LogP contribution >= 0.6 is 11.8 Å². The molecule has 0 amide bonds. The number of fused-ring (bicyclic) bond motifs is 1. The lowest BCUT2D eigenvalue weighted by atomic mass is 10.1. The van der Waals surface area contributed by atoms with Crippen molar-refractivity contribution < 1.29 is 9.47 Å². The molecule has 0 N–H and O–H groups in total. The summed E-state index contributed by atoms with van der Waals surface area (Å²) >= 11 is 1.78. The minimum absolute atomic E-state index is 0.0468. The molecule has 1 aliphatic rings. The molecule has 4 rings (SSSR count). The minimum atomic E-state index is -0.0468. The van der Waals surface area contributed by atoms with Crippen molar-refractivity contribution in [2.24, 2.45) is 0 Å². The van der Waals surface area contributed by atoms with Gasteiger partial charge < -0.3 is 9.47 Å². The molecule has 0 bridgehead atoms. The van der Waals surface area contributed by atoms with Gasteiger partial charge in [0.2, 0.25) is 0 Å². The molecule has 0 spiro atoms. The van der Waals surface area contributed by atoms with Crippen molar-refractivity contribution in [2.75, 3.05) is 13.2 Å². The van der Waals surface area contributed by atoms with E-state index in [1.54, 1.807) is 11.8 Å². The number of nitrogens with zero attached hydrogens (tertiary/aromatic N) is 1. The molecule has 0 radical (unpaired) electrons. The maximum atomic E-state index is 5.93. The third-order valence-electron chi connectivity index (χ3n) is 4.57. The highest BCUT2D eigenvalue weighted by molar-refractivity contribution is 7.99. The van der Waals surface area contributed by atoms with Gasteiger partial charge in [0.1, 0.15) is 0 Å². The third kappa shape index (κ3) is 4.26. The predicted octanol–water partition coefficient (Wildman–Crippen LogP) is 5.47. The number of pyridine rings is 1. The average molecular weight is 365 g/mol. The molecule has 4 heteroatoms. The summed E-state index contributed by atoms with van der Waals surface area (Å²) in [5.41, 5.74) is 1.09. The molecule has 1 fully saturated rings. The molecule has 1 saturated heterocycles. The van der Waals surface area contributed by atoms with E-state index in [9.17, 15) is 0 Å². The SMILES string of the molecule is c1ccc(Sc2c(CCOC3CCCCO3)ncc3ccccc23)cc1. The highest BCUT2D eigenvalue weighted by atomic mass is 32.2. The number of hydrogen-bond acceptors (Lipinski definition) is 4. The second-order valence-corrected chi connectivity index (χ2v) is 7.54. The van der Waals surface area contributed by atoms with E-state index in [-0.39, 0.29) is 6.29 Å². The number of rotatable bonds is 6. The van der Waals surface area contributed by atoms with Gasteiger partial charge in [-0.1, -0.05) is 54.2 Å². The summed E-state index contributed by atoms with van der Waals surface area (Å²) in [6, 6.07) is 18.9. The topological polar surface area (TPSA) is 31.4 Å². The van der Waals surface area contributed by atoms with E-state index >= 15 is 0 Å². The summed E-state index contributed by atoms with van der Waals surface area (Å²) < 4.78 is 11.6.